The molecule has 0 aliphatic carbocycles. The van der Waals surface area contributed by atoms with E-state index < -0.39 is 10.0 Å². The van der Waals surface area contributed by atoms with E-state index in [1.807, 2.05) is 77.1 Å². The zero-order chi connectivity index (χ0) is 24.2. The van der Waals surface area contributed by atoms with Gasteiger partial charge in [-0.15, -0.1) is 0 Å². The van der Waals surface area contributed by atoms with Gasteiger partial charge < -0.3 is 5.32 Å². The molecular weight excluding hydrogens is 432 g/mol. The van der Waals surface area contributed by atoms with Crippen molar-refractivity contribution in [1.82, 2.24) is 5.32 Å². The van der Waals surface area contributed by atoms with Gasteiger partial charge >= 0.3 is 0 Å². The summed E-state index contributed by atoms with van der Waals surface area (Å²) in [5.74, 6) is -0.348. The Kier molecular flexibility index (Phi) is 7.59. The standard InChI is InChI=1S/C27H32N2O3S/c1-6-25(23-13-8-19(2)9-14-23)28-27(30)18-29(26-17-21(4)7-12-22(26)5)33(31,32)24-15-10-20(3)11-16-24/h7-17,25H,6,18H2,1-5H3,(H,28,30). The first-order valence-electron chi connectivity index (χ1n) is 11.1. The average molecular weight is 465 g/mol. The van der Waals surface area contributed by atoms with Crippen molar-refractivity contribution in [2.24, 2.45) is 0 Å². The van der Waals surface area contributed by atoms with Crippen LogP contribution in [0, 0.1) is 27.7 Å². The third-order valence-corrected chi connectivity index (χ3v) is 7.53. The van der Waals surface area contributed by atoms with Crippen LogP contribution in [0.5, 0.6) is 0 Å². The van der Waals surface area contributed by atoms with Crippen molar-refractivity contribution in [1.29, 1.82) is 0 Å². The minimum atomic E-state index is -3.95. The first kappa shape index (κ1) is 24.5. The van der Waals surface area contributed by atoms with E-state index >= 15 is 0 Å². The molecule has 0 saturated heterocycles. The molecule has 3 aromatic rings. The molecule has 6 heteroatoms. The van der Waals surface area contributed by atoms with Gasteiger partial charge in [0.25, 0.3) is 10.0 Å². The van der Waals surface area contributed by atoms with Crippen LogP contribution in [0.1, 0.15) is 47.2 Å². The van der Waals surface area contributed by atoms with Gasteiger partial charge in [0.15, 0.2) is 0 Å². The molecule has 174 valence electrons. The molecule has 0 saturated carbocycles. The molecular formula is C27H32N2O3S. The molecule has 0 aromatic heterocycles. The van der Waals surface area contributed by atoms with Crippen LogP contribution in [-0.4, -0.2) is 20.9 Å². The minimum absolute atomic E-state index is 0.160. The van der Waals surface area contributed by atoms with E-state index in [9.17, 15) is 13.2 Å². The van der Waals surface area contributed by atoms with E-state index in [1.54, 1.807) is 24.3 Å². The molecule has 1 amide bonds. The van der Waals surface area contributed by atoms with E-state index in [4.69, 9.17) is 0 Å². The Hall–Kier alpha value is -3.12. The van der Waals surface area contributed by atoms with Crippen molar-refractivity contribution in [2.45, 2.75) is 52.0 Å². The molecule has 1 unspecified atom stereocenters. The van der Waals surface area contributed by atoms with Crippen LogP contribution >= 0.6 is 0 Å². The van der Waals surface area contributed by atoms with Crippen LogP contribution in [0.4, 0.5) is 5.69 Å². The van der Waals surface area contributed by atoms with Gasteiger partial charge in [0, 0.05) is 0 Å². The summed E-state index contributed by atoms with van der Waals surface area (Å²) in [5.41, 5.74) is 5.32. The number of hydrogen-bond acceptors (Lipinski definition) is 3. The smallest absolute Gasteiger partial charge is 0.264 e. The molecule has 0 fully saturated rings. The molecule has 1 N–H and O–H groups in total. The number of sulfonamides is 1. The lowest BCUT2D eigenvalue weighted by Crippen LogP contribution is -2.42. The number of amides is 1. The van der Waals surface area contributed by atoms with Crippen molar-refractivity contribution in [3.05, 3.63) is 94.5 Å². The second-order valence-electron chi connectivity index (χ2n) is 8.55. The Morgan fingerprint density at radius 1 is 0.848 bits per heavy atom. The lowest BCUT2D eigenvalue weighted by molar-refractivity contribution is -0.120. The van der Waals surface area contributed by atoms with Crippen LogP contribution in [0.2, 0.25) is 0 Å². The molecule has 0 spiro atoms. The predicted molar refractivity (Wildman–Crippen MR) is 134 cm³/mol. The Morgan fingerprint density at radius 3 is 1.97 bits per heavy atom. The van der Waals surface area contributed by atoms with Crippen LogP contribution in [0.25, 0.3) is 0 Å². The zero-order valence-electron chi connectivity index (χ0n) is 19.9. The highest BCUT2D eigenvalue weighted by Crippen LogP contribution is 2.28. The van der Waals surface area contributed by atoms with E-state index in [2.05, 4.69) is 5.32 Å². The molecule has 1 atom stereocenters. The van der Waals surface area contributed by atoms with Crippen molar-refractivity contribution < 1.29 is 13.2 Å². The van der Waals surface area contributed by atoms with Gasteiger partial charge in [0.05, 0.1) is 16.6 Å². The predicted octanol–water partition coefficient (Wildman–Crippen LogP) is 5.38. The first-order chi connectivity index (χ1) is 15.6. The summed E-state index contributed by atoms with van der Waals surface area (Å²) >= 11 is 0. The SMILES string of the molecule is CCC(NC(=O)CN(c1cc(C)ccc1C)S(=O)(=O)c1ccc(C)cc1)c1ccc(C)cc1. The number of carbonyl (C=O) groups is 1. The van der Waals surface area contributed by atoms with Gasteiger partial charge in [-0.1, -0.05) is 66.6 Å². The van der Waals surface area contributed by atoms with Crippen LogP contribution in [0.15, 0.2) is 71.6 Å². The van der Waals surface area contributed by atoms with Gasteiger partial charge in [0.1, 0.15) is 6.54 Å². The maximum absolute atomic E-state index is 13.7. The van der Waals surface area contributed by atoms with E-state index in [-0.39, 0.29) is 23.4 Å². The molecule has 0 heterocycles. The fraction of sp³-hybridized carbons (Fsp3) is 0.296. The highest BCUT2D eigenvalue weighted by atomic mass is 32.2. The van der Waals surface area contributed by atoms with Crippen LogP contribution < -0.4 is 9.62 Å². The largest absolute Gasteiger partial charge is 0.348 e. The topological polar surface area (TPSA) is 66.5 Å². The van der Waals surface area contributed by atoms with Gasteiger partial charge in [0.2, 0.25) is 5.91 Å². The number of anilines is 1. The summed E-state index contributed by atoms with van der Waals surface area (Å²) in [6.07, 6.45) is 0.697. The van der Waals surface area contributed by atoms with Gasteiger partial charge in [-0.3, -0.25) is 9.10 Å². The number of hydrogen-bond donors (Lipinski definition) is 1. The van der Waals surface area contributed by atoms with Crippen LogP contribution in [0.3, 0.4) is 0 Å². The van der Waals surface area contributed by atoms with Gasteiger partial charge in [-0.2, -0.15) is 0 Å². The van der Waals surface area contributed by atoms with Gasteiger partial charge in [-0.05, 0) is 69.0 Å². The molecule has 0 radical (unpaired) electrons. The van der Waals surface area contributed by atoms with Gasteiger partial charge in [-0.25, -0.2) is 8.42 Å². The summed E-state index contributed by atoms with van der Waals surface area (Å²) < 4.78 is 28.5. The molecule has 3 aromatic carbocycles. The minimum Gasteiger partial charge on any atom is -0.348 e. The lowest BCUT2D eigenvalue weighted by atomic mass is 10.0. The number of benzene rings is 3. The quantitative estimate of drug-likeness (QED) is 0.486. The Balaban J connectivity index is 1.95. The summed E-state index contributed by atoms with van der Waals surface area (Å²) in [5, 5.41) is 3.02. The summed E-state index contributed by atoms with van der Waals surface area (Å²) in [4.78, 5) is 13.3. The normalized spacial score (nSPS) is 12.3. The molecule has 33 heavy (non-hydrogen) atoms. The van der Waals surface area contributed by atoms with Crippen molar-refractivity contribution >= 4 is 21.6 Å². The number of nitrogens with one attached hydrogen (secondary N) is 1. The number of nitrogens with zero attached hydrogens (tertiary/aromatic N) is 1. The second-order valence-corrected chi connectivity index (χ2v) is 10.4. The van der Waals surface area contributed by atoms with Crippen molar-refractivity contribution in [2.75, 3.05) is 10.8 Å². The Labute approximate surface area is 197 Å². The third kappa shape index (κ3) is 5.82. The average Bonchev–Trinajstić information content (AvgIpc) is 2.78. The van der Waals surface area contributed by atoms with E-state index in [0.717, 1.165) is 27.8 Å². The monoisotopic (exact) mass is 464 g/mol. The number of carbonyl (C=O) groups excluding carboxylic acids is 1. The molecule has 5 nitrogen and oxygen atoms in total. The van der Waals surface area contributed by atoms with Crippen LogP contribution in [-0.2, 0) is 14.8 Å². The summed E-state index contributed by atoms with van der Waals surface area (Å²) in [6.45, 7) is 9.37. The first-order valence-corrected chi connectivity index (χ1v) is 12.6. The van der Waals surface area contributed by atoms with E-state index in [1.165, 1.54) is 4.31 Å². The zero-order valence-corrected chi connectivity index (χ0v) is 20.7. The molecule has 3 rings (SSSR count). The summed E-state index contributed by atoms with van der Waals surface area (Å²) in [7, 11) is -3.95. The fourth-order valence-electron chi connectivity index (χ4n) is 3.72. The third-order valence-electron chi connectivity index (χ3n) is 5.75. The molecule has 0 aliphatic rings. The number of aryl methyl sites for hydroxylation is 4. The maximum atomic E-state index is 13.7. The fourth-order valence-corrected chi connectivity index (χ4v) is 5.19. The van der Waals surface area contributed by atoms with Crippen molar-refractivity contribution in [3.8, 4) is 0 Å². The number of rotatable bonds is 8. The maximum Gasteiger partial charge on any atom is 0.264 e. The van der Waals surface area contributed by atoms with Crippen molar-refractivity contribution in [3.63, 3.8) is 0 Å². The highest BCUT2D eigenvalue weighted by Gasteiger charge is 2.29. The summed E-state index contributed by atoms with van der Waals surface area (Å²) in [6, 6.07) is 20.1. The lowest BCUT2D eigenvalue weighted by Gasteiger charge is -2.27. The molecule has 0 bridgehead atoms. The highest BCUT2D eigenvalue weighted by molar-refractivity contribution is 7.92. The Morgan fingerprint density at radius 2 is 1.39 bits per heavy atom. The van der Waals surface area contributed by atoms with E-state index in [0.29, 0.717) is 12.1 Å². The Bertz CT molecular complexity index is 1220. The molecule has 0 aliphatic heterocycles. The second kappa shape index (κ2) is 10.2.